The molecule has 270 valence electrons. The molecule has 0 amide bonds. The molecule has 0 unspecified atom stereocenters. The highest BCUT2D eigenvalue weighted by Crippen LogP contribution is 2.39. The minimum absolute atomic E-state index is 0.841. The Labute approximate surface area is 330 Å². The third-order valence-corrected chi connectivity index (χ3v) is 11.7. The summed E-state index contributed by atoms with van der Waals surface area (Å²) in [4.78, 5) is 14.7. The molecule has 0 fully saturated rings. The monoisotopic (exact) mass is 742 g/mol. The largest absolute Gasteiger partial charge is 0.456 e. The van der Waals surface area contributed by atoms with Crippen LogP contribution in [0, 0.1) is 0 Å². The normalized spacial score (nSPS) is 12.1. The number of pyridine rings is 3. The van der Waals surface area contributed by atoms with E-state index in [1.54, 1.807) is 0 Å². The molecular weight excluding hydrogens is 713 g/mol. The van der Waals surface area contributed by atoms with Gasteiger partial charge < -0.3 is 13.6 Å². The van der Waals surface area contributed by atoms with E-state index in [1.807, 2.05) is 24.5 Å². The molecule has 0 atom stereocenters. The zero-order valence-corrected chi connectivity index (χ0v) is 30.9. The number of fused-ring (bicyclic) bond motifs is 12. The number of benzene rings is 6. The second-order valence-corrected chi connectivity index (χ2v) is 14.9. The molecule has 58 heavy (non-hydrogen) atoms. The van der Waals surface area contributed by atoms with Gasteiger partial charge >= 0.3 is 0 Å². The summed E-state index contributed by atoms with van der Waals surface area (Å²) in [7, 11) is 0. The van der Waals surface area contributed by atoms with Crippen LogP contribution >= 0.6 is 0 Å². The van der Waals surface area contributed by atoms with E-state index >= 15 is 0 Å². The summed E-state index contributed by atoms with van der Waals surface area (Å²) < 4.78 is 13.4. The van der Waals surface area contributed by atoms with Crippen molar-refractivity contribution in [3.8, 4) is 28.5 Å². The van der Waals surface area contributed by atoms with Crippen LogP contribution in [-0.4, -0.2) is 28.7 Å². The molecule has 7 heterocycles. The van der Waals surface area contributed by atoms with Crippen molar-refractivity contribution in [2.24, 2.45) is 0 Å². The Hall–Kier alpha value is -8.03. The highest BCUT2D eigenvalue weighted by atomic mass is 16.3. The second kappa shape index (κ2) is 11.7. The van der Waals surface area contributed by atoms with Gasteiger partial charge in [0.1, 0.15) is 17.0 Å². The number of furan rings is 1. The Balaban J connectivity index is 0.961. The first-order valence-corrected chi connectivity index (χ1v) is 19.4. The smallest absolute Gasteiger partial charge is 0.138 e. The molecule has 0 aliphatic rings. The van der Waals surface area contributed by atoms with Crippen molar-refractivity contribution in [1.82, 2.24) is 28.7 Å². The van der Waals surface area contributed by atoms with Gasteiger partial charge in [-0.2, -0.15) is 0 Å². The standard InChI is InChI=1S/C51H30N6O/c1-4-14-41-34(10-1)37-29-32(56-42-15-5-2-11-35(42)50-45(56)17-8-26-52-50)21-23-44(37)55(41)33-22-25-48-39(30-33)38-28-31(20-24-47(38)58-48)40-13-7-19-49(54-40)57-43-16-6-3-12-36(43)51-46(57)18-9-27-53-51/h1-30H. The number of rotatable bonds is 4. The Kier molecular flexibility index (Phi) is 6.32. The second-order valence-electron chi connectivity index (χ2n) is 14.9. The number of hydrogen-bond donors (Lipinski definition) is 0. The van der Waals surface area contributed by atoms with Gasteiger partial charge in [0.05, 0.1) is 49.8 Å². The van der Waals surface area contributed by atoms with Crippen LogP contribution < -0.4 is 0 Å². The SMILES string of the molecule is c1cc(-c2ccc3oc4ccc(-n5c6ccccc6c6cc(-n7c8ccccc8c8ncccc87)ccc65)cc4c3c2)nc(-n2c3ccccc3c3ncccc32)c1. The summed E-state index contributed by atoms with van der Waals surface area (Å²) in [6, 6.07) is 59.7. The molecule has 0 radical (unpaired) electrons. The molecule has 13 rings (SSSR count). The van der Waals surface area contributed by atoms with Crippen LogP contribution in [0.2, 0.25) is 0 Å². The predicted molar refractivity (Wildman–Crippen MR) is 236 cm³/mol. The van der Waals surface area contributed by atoms with E-state index in [9.17, 15) is 0 Å². The maximum absolute atomic E-state index is 6.45. The third kappa shape index (κ3) is 4.35. The summed E-state index contributed by atoms with van der Waals surface area (Å²) in [5.74, 6) is 0.848. The number of aromatic nitrogens is 6. The molecule has 0 spiro atoms. The first-order chi connectivity index (χ1) is 28.8. The molecular formula is C51H30N6O. The van der Waals surface area contributed by atoms with E-state index in [4.69, 9.17) is 19.4 Å². The zero-order chi connectivity index (χ0) is 37.9. The molecule has 7 heteroatoms. The van der Waals surface area contributed by atoms with Crippen LogP contribution in [-0.2, 0) is 0 Å². The average Bonchev–Trinajstić information content (AvgIpc) is 4.02. The van der Waals surface area contributed by atoms with Gasteiger partial charge in [-0.3, -0.25) is 14.5 Å². The molecule has 13 aromatic rings. The lowest BCUT2D eigenvalue weighted by atomic mass is 10.1. The van der Waals surface area contributed by atoms with Crippen LogP contribution in [0.25, 0.3) is 116 Å². The average molecular weight is 743 g/mol. The lowest BCUT2D eigenvalue weighted by molar-refractivity contribution is 0.669. The van der Waals surface area contributed by atoms with Crippen molar-refractivity contribution in [3.63, 3.8) is 0 Å². The van der Waals surface area contributed by atoms with Crippen molar-refractivity contribution in [2.75, 3.05) is 0 Å². The molecule has 0 aliphatic carbocycles. The fourth-order valence-electron chi connectivity index (χ4n) is 9.24. The fraction of sp³-hybridized carbons (Fsp3) is 0. The van der Waals surface area contributed by atoms with Gasteiger partial charge in [-0.1, -0.05) is 60.7 Å². The molecule has 0 N–H and O–H groups in total. The molecule has 0 saturated heterocycles. The van der Waals surface area contributed by atoms with E-state index in [1.165, 1.54) is 10.8 Å². The maximum atomic E-state index is 6.45. The highest BCUT2D eigenvalue weighted by molar-refractivity contribution is 6.13. The quantitative estimate of drug-likeness (QED) is 0.180. The van der Waals surface area contributed by atoms with E-state index in [2.05, 4.69) is 171 Å². The Morgan fingerprint density at radius 2 is 0.897 bits per heavy atom. The van der Waals surface area contributed by atoms with Gasteiger partial charge in [0, 0.05) is 61.6 Å². The molecule has 7 aromatic heterocycles. The van der Waals surface area contributed by atoms with Gasteiger partial charge in [0.2, 0.25) is 0 Å². The van der Waals surface area contributed by atoms with E-state index in [-0.39, 0.29) is 0 Å². The third-order valence-electron chi connectivity index (χ3n) is 11.7. The summed E-state index contributed by atoms with van der Waals surface area (Å²) in [5.41, 5.74) is 14.4. The Morgan fingerprint density at radius 3 is 1.64 bits per heavy atom. The first-order valence-electron chi connectivity index (χ1n) is 19.4. The van der Waals surface area contributed by atoms with Crippen LogP contribution in [0.1, 0.15) is 0 Å². The fourth-order valence-corrected chi connectivity index (χ4v) is 9.24. The number of hydrogen-bond acceptors (Lipinski definition) is 4. The van der Waals surface area contributed by atoms with Crippen molar-refractivity contribution < 1.29 is 4.42 Å². The zero-order valence-electron chi connectivity index (χ0n) is 30.9. The van der Waals surface area contributed by atoms with Gasteiger partial charge in [-0.05, 0) is 109 Å². The van der Waals surface area contributed by atoms with Crippen molar-refractivity contribution in [3.05, 3.63) is 182 Å². The van der Waals surface area contributed by atoms with Crippen molar-refractivity contribution >= 4 is 87.6 Å². The lowest BCUT2D eigenvalue weighted by Gasteiger charge is -2.10. The molecule has 7 nitrogen and oxygen atoms in total. The van der Waals surface area contributed by atoms with E-state index in [0.29, 0.717) is 0 Å². The topological polar surface area (TPSA) is 66.6 Å². The van der Waals surface area contributed by atoms with Crippen molar-refractivity contribution in [2.45, 2.75) is 0 Å². The van der Waals surface area contributed by atoms with E-state index in [0.717, 1.165) is 105 Å². The summed E-state index contributed by atoms with van der Waals surface area (Å²) in [6.07, 6.45) is 3.72. The molecule has 0 saturated carbocycles. The van der Waals surface area contributed by atoms with Crippen LogP contribution in [0.4, 0.5) is 0 Å². The maximum Gasteiger partial charge on any atom is 0.138 e. The predicted octanol–water partition coefficient (Wildman–Crippen LogP) is 12.7. The number of nitrogens with zero attached hydrogens (tertiary/aromatic N) is 6. The van der Waals surface area contributed by atoms with Gasteiger partial charge in [0.25, 0.3) is 0 Å². The minimum atomic E-state index is 0.841. The number of para-hydroxylation sites is 3. The molecule has 6 aromatic carbocycles. The van der Waals surface area contributed by atoms with Crippen LogP contribution in [0.5, 0.6) is 0 Å². The first kappa shape index (κ1) is 31.2. The molecule has 0 bridgehead atoms. The van der Waals surface area contributed by atoms with Gasteiger partial charge in [0.15, 0.2) is 0 Å². The summed E-state index contributed by atoms with van der Waals surface area (Å²) >= 11 is 0. The summed E-state index contributed by atoms with van der Waals surface area (Å²) in [6.45, 7) is 0. The molecule has 0 aliphatic heterocycles. The van der Waals surface area contributed by atoms with Crippen LogP contribution in [0.3, 0.4) is 0 Å². The van der Waals surface area contributed by atoms with Gasteiger partial charge in [-0.15, -0.1) is 0 Å². The summed E-state index contributed by atoms with van der Waals surface area (Å²) in [5, 5.41) is 6.74. The van der Waals surface area contributed by atoms with Crippen molar-refractivity contribution in [1.29, 1.82) is 0 Å². The van der Waals surface area contributed by atoms with Gasteiger partial charge in [-0.25, -0.2) is 4.98 Å². The highest BCUT2D eigenvalue weighted by Gasteiger charge is 2.19. The van der Waals surface area contributed by atoms with E-state index < -0.39 is 0 Å². The Bertz CT molecular complexity index is 3720. The Morgan fingerprint density at radius 1 is 0.362 bits per heavy atom. The minimum Gasteiger partial charge on any atom is -0.456 e. The lowest BCUT2D eigenvalue weighted by Crippen LogP contribution is -1.98. The van der Waals surface area contributed by atoms with Crippen LogP contribution in [0.15, 0.2) is 187 Å².